The molecule has 2 amide bonds. The number of methoxy groups -OCH3 is 1. The molecule has 0 aliphatic rings. The highest BCUT2D eigenvalue weighted by Gasteiger charge is 2.10. The SMILES string of the molecule is COc1cccc(/C=N\NC(=O)Cc2nnc(NC(C)=O)s2)c1O. The van der Waals surface area contributed by atoms with E-state index in [-0.39, 0.29) is 18.1 Å². The van der Waals surface area contributed by atoms with Crippen LogP contribution in [0.2, 0.25) is 0 Å². The number of carbonyl (C=O) groups is 2. The number of phenols is 1. The van der Waals surface area contributed by atoms with Gasteiger partial charge in [0.05, 0.1) is 19.7 Å². The fourth-order valence-electron chi connectivity index (χ4n) is 1.69. The third-order valence-electron chi connectivity index (χ3n) is 2.70. The van der Waals surface area contributed by atoms with Gasteiger partial charge in [0.25, 0.3) is 0 Å². The van der Waals surface area contributed by atoms with Crippen LogP contribution in [0.1, 0.15) is 17.5 Å². The first-order chi connectivity index (χ1) is 11.5. The molecule has 0 aliphatic carbocycles. The highest BCUT2D eigenvalue weighted by molar-refractivity contribution is 7.15. The molecule has 0 fully saturated rings. The molecule has 0 saturated carbocycles. The number of para-hydroxylation sites is 1. The van der Waals surface area contributed by atoms with E-state index in [1.165, 1.54) is 20.2 Å². The van der Waals surface area contributed by atoms with Crippen molar-refractivity contribution in [3.63, 3.8) is 0 Å². The minimum atomic E-state index is -0.404. The number of hydrogen-bond acceptors (Lipinski definition) is 8. The second-order valence-corrected chi connectivity index (χ2v) is 5.61. The van der Waals surface area contributed by atoms with Crippen LogP contribution in [-0.2, 0) is 16.0 Å². The van der Waals surface area contributed by atoms with E-state index >= 15 is 0 Å². The van der Waals surface area contributed by atoms with E-state index in [0.29, 0.717) is 21.5 Å². The van der Waals surface area contributed by atoms with Gasteiger partial charge in [-0.05, 0) is 12.1 Å². The average Bonchev–Trinajstić information content (AvgIpc) is 2.95. The van der Waals surface area contributed by atoms with Gasteiger partial charge in [-0.3, -0.25) is 9.59 Å². The molecule has 2 aromatic rings. The van der Waals surface area contributed by atoms with Gasteiger partial charge in [0.15, 0.2) is 11.5 Å². The normalized spacial score (nSPS) is 10.6. The Hall–Kier alpha value is -3.01. The third-order valence-corrected chi connectivity index (χ3v) is 3.54. The van der Waals surface area contributed by atoms with Crippen LogP contribution in [0.25, 0.3) is 0 Å². The van der Waals surface area contributed by atoms with Crippen LogP contribution in [-0.4, -0.2) is 40.4 Å². The van der Waals surface area contributed by atoms with Gasteiger partial charge in [-0.25, -0.2) is 5.43 Å². The molecule has 1 aromatic carbocycles. The number of benzene rings is 1. The fourth-order valence-corrected chi connectivity index (χ4v) is 2.47. The highest BCUT2D eigenvalue weighted by atomic mass is 32.1. The van der Waals surface area contributed by atoms with Crippen LogP contribution < -0.4 is 15.5 Å². The number of rotatable bonds is 6. The molecule has 3 N–H and O–H groups in total. The van der Waals surface area contributed by atoms with Crippen LogP contribution >= 0.6 is 11.3 Å². The molecule has 2 rings (SSSR count). The van der Waals surface area contributed by atoms with Gasteiger partial charge in [-0.15, -0.1) is 10.2 Å². The predicted molar refractivity (Wildman–Crippen MR) is 88.3 cm³/mol. The van der Waals surface area contributed by atoms with Crippen LogP contribution in [0.15, 0.2) is 23.3 Å². The first kappa shape index (κ1) is 17.3. The predicted octanol–water partition coefficient (Wildman–Crippen LogP) is 0.903. The summed E-state index contributed by atoms with van der Waals surface area (Å²) in [4.78, 5) is 22.7. The lowest BCUT2D eigenvalue weighted by Crippen LogP contribution is -2.19. The minimum absolute atomic E-state index is 0.0291. The van der Waals surface area contributed by atoms with Crippen molar-refractivity contribution in [2.24, 2.45) is 5.10 Å². The quantitative estimate of drug-likeness (QED) is 0.525. The summed E-state index contributed by atoms with van der Waals surface area (Å²) in [7, 11) is 1.44. The standard InChI is InChI=1S/C14H15N5O4S/c1-8(20)16-14-19-18-12(24-14)6-11(21)17-15-7-9-4-3-5-10(23-2)13(9)22/h3-5,7,22H,6H2,1-2H3,(H,17,21)(H,16,19,20)/b15-7-. The Bertz CT molecular complexity index is 774. The summed E-state index contributed by atoms with van der Waals surface area (Å²) in [5, 5.41) is 24.5. The van der Waals surface area contributed by atoms with Crippen molar-refractivity contribution in [3.8, 4) is 11.5 Å². The van der Waals surface area contributed by atoms with Crippen LogP contribution in [0.4, 0.5) is 5.13 Å². The molecule has 0 aliphatic heterocycles. The molecule has 0 atom stereocenters. The van der Waals surface area contributed by atoms with Gasteiger partial charge in [0, 0.05) is 12.5 Å². The van der Waals surface area contributed by atoms with Crippen molar-refractivity contribution in [3.05, 3.63) is 28.8 Å². The van der Waals surface area contributed by atoms with E-state index in [0.717, 1.165) is 11.3 Å². The van der Waals surface area contributed by atoms with Crippen LogP contribution in [0, 0.1) is 0 Å². The lowest BCUT2D eigenvalue weighted by Gasteiger charge is -2.04. The number of aromatic nitrogens is 2. The van der Waals surface area contributed by atoms with E-state index in [2.05, 4.69) is 26.0 Å². The molecule has 0 spiro atoms. The average molecular weight is 349 g/mol. The number of nitrogens with one attached hydrogen (secondary N) is 2. The Labute approximate surface area is 141 Å². The number of ether oxygens (including phenoxy) is 1. The van der Waals surface area contributed by atoms with E-state index in [9.17, 15) is 14.7 Å². The smallest absolute Gasteiger partial charge is 0.247 e. The molecule has 1 aromatic heterocycles. The van der Waals surface area contributed by atoms with Gasteiger partial charge in [0.2, 0.25) is 16.9 Å². The maximum Gasteiger partial charge on any atom is 0.247 e. The summed E-state index contributed by atoms with van der Waals surface area (Å²) in [6.45, 7) is 1.36. The van der Waals surface area contributed by atoms with Crippen molar-refractivity contribution >= 4 is 34.5 Å². The highest BCUT2D eigenvalue weighted by Crippen LogP contribution is 2.27. The number of amides is 2. The zero-order valence-electron chi connectivity index (χ0n) is 12.9. The lowest BCUT2D eigenvalue weighted by molar-refractivity contribution is -0.120. The molecule has 0 radical (unpaired) electrons. The van der Waals surface area contributed by atoms with E-state index in [1.807, 2.05) is 0 Å². The molecular formula is C14H15N5O4S. The summed E-state index contributed by atoms with van der Waals surface area (Å²) < 4.78 is 4.98. The summed E-state index contributed by atoms with van der Waals surface area (Å²) in [6.07, 6.45) is 1.28. The Kier molecular flexibility index (Phi) is 5.79. The molecule has 9 nitrogen and oxygen atoms in total. The minimum Gasteiger partial charge on any atom is -0.504 e. The zero-order valence-corrected chi connectivity index (χ0v) is 13.8. The van der Waals surface area contributed by atoms with E-state index in [4.69, 9.17) is 4.74 Å². The van der Waals surface area contributed by atoms with Crippen LogP contribution in [0.5, 0.6) is 11.5 Å². The van der Waals surface area contributed by atoms with Crippen molar-refractivity contribution < 1.29 is 19.4 Å². The van der Waals surface area contributed by atoms with Gasteiger partial charge < -0.3 is 15.2 Å². The Morgan fingerprint density at radius 3 is 2.92 bits per heavy atom. The third kappa shape index (κ3) is 4.74. The summed E-state index contributed by atoms with van der Waals surface area (Å²) >= 11 is 1.10. The summed E-state index contributed by atoms with van der Waals surface area (Å²) in [6, 6.07) is 4.91. The van der Waals surface area contributed by atoms with Crippen molar-refractivity contribution in [1.29, 1.82) is 0 Å². The van der Waals surface area contributed by atoms with Gasteiger partial charge >= 0.3 is 0 Å². The van der Waals surface area contributed by atoms with Gasteiger partial charge in [-0.2, -0.15) is 5.10 Å². The second-order valence-electron chi connectivity index (χ2n) is 4.55. The monoisotopic (exact) mass is 349 g/mol. The topological polar surface area (TPSA) is 126 Å². The maximum absolute atomic E-state index is 11.8. The molecule has 10 heteroatoms. The Morgan fingerprint density at radius 1 is 1.42 bits per heavy atom. The molecule has 0 unspecified atom stereocenters. The number of carbonyl (C=O) groups excluding carboxylic acids is 2. The Balaban J connectivity index is 1.91. The van der Waals surface area contributed by atoms with Crippen molar-refractivity contribution in [2.75, 3.05) is 12.4 Å². The van der Waals surface area contributed by atoms with Crippen molar-refractivity contribution in [2.45, 2.75) is 13.3 Å². The maximum atomic E-state index is 11.8. The first-order valence-corrected chi connectivity index (χ1v) is 7.59. The molecule has 0 saturated heterocycles. The molecule has 1 heterocycles. The number of hydrogen-bond donors (Lipinski definition) is 3. The number of anilines is 1. The molecule has 126 valence electrons. The lowest BCUT2D eigenvalue weighted by atomic mass is 10.2. The molecular weight excluding hydrogens is 334 g/mol. The van der Waals surface area contributed by atoms with Gasteiger partial charge in [0.1, 0.15) is 5.01 Å². The molecule has 0 bridgehead atoms. The Morgan fingerprint density at radius 2 is 2.21 bits per heavy atom. The van der Waals surface area contributed by atoms with E-state index in [1.54, 1.807) is 18.2 Å². The van der Waals surface area contributed by atoms with E-state index < -0.39 is 5.91 Å². The number of phenolic OH excluding ortho intramolecular Hbond substituents is 1. The largest absolute Gasteiger partial charge is 0.504 e. The number of hydrazone groups is 1. The molecule has 24 heavy (non-hydrogen) atoms. The van der Waals surface area contributed by atoms with Gasteiger partial charge in [-0.1, -0.05) is 17.4 Å². The fraction of sp³-hybridized carbons (Fsp3) is 0.214. The van der Waals surface area contributed by atoms with Crippen LogP contribution in [0.3, 0.4) is 0 Å². The summed E-state index contributed by atoms with van der Waals surface area (Å²) in [5.41, 5.74) is 2.73. The first-order valence-electron chi connectivity index (χ1n) is 6.77. The second kappa shape index (κ2) is 8.02. The zero-order chi connectivity index (χ0) is 17.5. The number of aromatic hydroxyl groups is 1. The number of nitrogens with zero attached hydrogens (tertiary/aromatic N) is 3. The van der Waals surface area contributed by atoms with Crippen molar-refractivity contribution in [1.82, 2.24) is 15.6 Å². The summed E-state index contributed by atoms with van der Waals surface area (Å²) in [5.74, 6) is -0.421.